The van der Waals surface area contributed by atoms with Gasteiger partial charge in [-0.15, -0.1) is 0 Å². The number of nitrogens with zero attached hydrogens (tertiary/aromatic N) is 5. The zero-order chi connectivity index (χ0) is 22.6. The molecule has 0 fully saturated rings. The van der Waals surface area contributed by atoms with Crippen LogP contribution < -0.4 is 4.31 Å². The topological polar surface area (TPSA) is 95.8 Å². The molecular formula is C23H21N5O3S. The van der Waals surface area contributed by atoms with Crippen molar-refractivity contribution in [3.63, 3.8) is 0 Å². The van der Waals surface area contributed by atoms with Crippen LogP contribution in [0, 0.1) is 0 Å². The second-order valence-electron chi connectivity index (χ2n) is 7.12. The Kier molecular flexibility index (Phi) is 6.09. The number of sulfonamides is 1. The molecule has 3 aromatic rings. The lowest BCUT2D eigenvalue weighted by Gasteiger charge is -2.17. The van der Waals surface area contributed by atoms with E-state index in [2.05, 4.69) is 15.1 Å². The summed E-state index contributed by atoms with van der Waals surface area (Å²) in [6.45, 7) is 0.405. The molecule has 0 radical (unpaired) electrons. The van der Waals surface area contributed by atoms with Gasteiger partial charge < -0.3 is 0 Å². The molecule has 32 heavy (non-hydrogen) atoms. The lowest BCUT2D eigenvalue weighted by Crippen LogP contribution is -2.28. The fourth-order valence-electron chi connectivity index (χ4n) is 3.14. The molecule has 0 bridgehead atoms. The van der Waals surface area contributed by atoms with Crippen molar-refractivity contribution in [3.8, 4) is 0 Å². The van der Waals surface area contributed by atoms with E-state index in [4.69, 9.17) is 0 Å². The highest BCUT2D eigenvalue weighted by molar-refractivity contribution is 7.92. The van der Waals surface area contributed by atoms with Gasteiger partial charge in [0.2, 0.25) is 5.95 Å². The van der Waals surface area contributed by atoms with Crippen molar-refractivity contribution in [2.24, 2.45) is 5.10 Å². The van der Waals surface area contributed by atoms with Crippen LogP contribution in [0.5, 0.6) is 0 Å². The molecular weight excluding hydrogens is 426 g/mol. The highest BCUT2D eigenvalue weighted by Gasteiger charge is 2.23. The van der Waals surface area contributed by atoms with Crippen molar-refractivity contribution >= 4 is 28.1 Å². The van der Waals surface area contributed by atoms with Gasteiger partial charge in [0.05, 0.1) is 17.7 Å². The Morgan fingerprint density at radius 1 is 1.03 bits per heavy atom. The average molecular weight is 448 g/mol. The number of hydrogen-bond acceptors (Lipinski definition) is 6. The van der Waals surface area contributed by atoms with Crippen molar-refractivity contribution < 1.29 is 13.2 Å². The van der Waals surface area contributed by atoms with Crippen LogP contribution in [0.1, 0.15) is 15.9 Å². The van der Waals surface area contributed by atoms with Crippen molar-refractivity contribution in [2.75, 3.05) is 17.9 Å². The van der Waals surface area contributed by atoms with Gasteiger partial charge in [-0.05, 0) is 47.9 Å². The SMILES string of the molecule is CN(c1ncccn1)S(=O)(=O)c1ccc(CC=C2C=NN(C(=O)c3ccccc3)C2)cc1. The molecule has 1 amide bonds. The van der Waals surface area contributed by atoms with E-state index >= 15 is 0 Å². The fraction of sp³-hybridized carbons (Fsp3) is 0.130. The van der Waals surface area contributed by atoms with E-state index in [0.29, 0.717) is 18.5 Å². The van der Waals surface area contributed by atoms with Crippen LogP contribution in [0.4, 0.5) is 5.95 Å². The van der Waals surface area contributed by atoms with E-state index in [1.165, 1.54) is 24.5 Å². The number of anilines is 1. The molecule has 1 aromatic heterocycles. The first-order chi connectivity index (χ1) is 15.4. The summed E-state index contributed by atoms with van der Waals surface area (Å²) in [4.78, 5) is 20.6. The van der Waals surface area contributed by atoms with Crippen LogP contribution in [-0.2, 0) is 16.4 Å². The Morgan fingerprint density at radius 3 is 2.41 bits per heavy atom. The Morgan fingerprint density at radius 2 is 1.72 bits per heavy atom. The van der Waals surface area contributed by atoms with Gasteiger partial charge in [0, 0.05) is 25.0 Å². The number of carbonyl (C=O) groups is 1. The Hall–Kier alpha value is -3.85. The Balaban J connectivity index is 1.40. The summed E-state index contributed by atoms with van der Waals surface area (Å²) in [5.74, 6) is -0.0391. The molecule has 0 saturated heterocycles. The van der Waals surface area contributed by atoms with Gasteiger partial charge in [-0.1, -0.05) is 36.4 Å². The van der Waals surface area contributed by atoms with Gasteiger partial charge in [-0.25, -0.2) is 27.7 Å². The average Bonchev–Trinajstić information content (AvgIpc) is 3.32. The highest BCUT2D eigenvalue weighted by Crippen LogP contribution is 2.19. The largest absolute Gasteiger partial charge is 0.274 e. The normalized spacial score (nSPS) is 14.7. The van der Waals surface area contributed by atoms with Crippen molar-refractivity contribution in [1.82, 2.24) is 15.0 Å². The molecule has 0 unspecified atom stereocenters. The summed E-state index contributed by atoms with van der Waals surface area (Å²) >= 11 is 0. The number of hydrazone groups is 1. The second kappa shape index (κ2) is 9.11. The molecule has 0 atom stereocenters. The van der Waals surface area contributed by atoms with E-state index in [9.17, 15) is 13.2 Å². The van der Waals surface area contributed by atoms with Crippen molar-refractivity contribution in [2.45, 2.75) is 11.3 Å². The minimum absolute atomic E-state index is 0.108. The Labute approximate surface area is 186 Å². The molecule has 4 rings (SSSR count). The highest BCUT2D eigenvalue weighted by atomic mass is 32.2. The van der Waals surface area contributed by atoms with E-state index < -0.39 is 10.0 Å². The predicted molar refractivity (Wildman–Crippen MR) is 122 cm³/mol. The van der Waals surface area contributed by atoms with Gasteiger partial charge in [0.25, 0.3) is 15.9 Å². The number of amides is 1. The third kappa shape index (κ3) is 4.57. The maximum Gasteiger partial charge on any atom is 0.274 e. The van der Waals surface area contributed by atoms with Crippen LogP contribution in [0.15, 0.2) is 94.7 Å². The van der Waals surface area contributed by atoms with Gasteiger partial charge in [-0.3, -0.25) is 4.79 Å². The lowest BCUT2D eigenvalue weighted by molar-refractivity contribution is 0.0785. The first-order valence-electron chi connectivity index (χ1n) is 9.90. The summed E-state index contributed by atoms with van der Waals surface area (Å²) in [6, 6.07) is 17.3. The number of hydrogen-bond donors (Lipinski definition) is 0. The monoisotopic (exact) mass is 447 g/mol. The predicted octanol–water partition coefficient (Wildman–Crippen LogP) is 2.91. The van der Waals surface area contributed by atoms with Crippen LogP contribution >= 0.6 is 0 Å². The molecule has 1 aliphatic rings. The van der Waals surface area contributed by atoms with Crippen LogP contribution in [0.2, 0.25) is 0 Å². The smallest absolute Gasteiger partial charge is 0.267 e. The summed E-state index contributed by atoms with van der Waals surface area (Å²) in [7, 11) is -2.33. The van der Waals surface area contributed by atoms with E-state index in [0.717, 1.165) is 15.4 Å². The molecule has 0 spiro atoms. The quantitative estimate of drug-likeness (QED) is 0.579. The molecule has 1 aliphatic heterocycles. The zero-order valence-electron chi connectivity index (χ0n) is 17.4. The molecule has 2 heterocycles. The number of aromatic nitrogens is 2. The summed E-state index contributed by atoms with van der Waals surface area (Å²) < 4.78 is 26.7. The summed E-state index contributed by atoms with van der Waals surface area (Å²) in [5.41, 5.74) is 2.46. The lowest BCUT2D eigenvalue weighted by atomic mass is 10.1. The number of benzene rings is 2. The molecule has 162 valence electrons. The van der Waals surface area contributed by atoms with Crippen LogP contribution in [0.3, 0.4) is 0 Å². The second-order valence-corrected chi connectivity index (χ2v) is 9.09. The zero-order valence-corrected chi connectivity index (χ0v) is 18.2. The molecule has 9 heteroatoms. The van der Waals surface area contributed by atoms with Gasteiger partial charge in [0.1, 0.15) is 0 Å². The van der Waals surface area contributed by atoms with E-state index in [1.807, 2.05) is 24.3 Å². The van der Waals surface area contributed by atoms with Gasteiger partial charge in [0.15, 0.2) is 0 Å². The minimum atomic E-state index is -3.75. The van der Waals surface area contributed by atoms with Gasteiger partial charge >= 0.3 is 0 Å². The van der Waals surface area contributed by atoms with E-state index in [-0.39, 0.29) is 16.8 Å². The maximum absolute atomic E-state index is 12.8. The first kappa shape index (κ1) is 21.4. The minimum Gasteiger partial charge on any atom is -0.267 e. The first-order valence-corrected chi connectivity index (χ1v) is 11.3. The third-order valence-corrected chi connectivity index (χ3v) is 6.72. The van der Waals surface area contributed by atoms with E-state index in [1.54, 1.807) is 48.7 Å². The van der Waals surface area contributed by atoms with Gasteiger partial charge in [-0.2, -0.15) is 5.10 Å². The molecule has 2 aromatic carbocycles. The fourth-order valence-corrected chi connectivity index (χ4v) is 4.24. The maximum atomic E-state index is 12.8. The number of rotatable bonds is 6. The molecule has 0 aliphatic carbocycles. The summed E-state index contributed by atoms with van der Waals surface area (Å²) in [6.07, 6.45) is 7.23. The number of allylic oxidation sites excluding steroid dienone is 1. The molecule has 8 nitrogen and oxygen atoms in total. The molecule has 0 N–H and O–H groups in total. The third-order valence-electron chi connectivity index (χ3n) is 4.97. The van der Waals surface area contributed by atoms with Crippen LogP contribution in [0.25, 0.3) is 0 Å². The number of carbonyl (C=O) groups excluding carboxylic acids is 1. The Bertz CT molecular complexity index is 1260. The van der Waals surface area contributed by atoms with Crippen LogP contribution in [-0.4, -0.2) is 49.1 Å². The van der Waals surface area contributed by atoms with Crippen molar-refractivity contribution in [1.29, 1.82) is 0 Å². The molecule has 0 saturated carbocycles. The standard InChI is InChI=1S/C23H21N5O3S/c1-27(23-24-14-5-15-25-23)32(30,31)21-12-10-18(11-13-21)8-9-19-16-26-28(17-19)22(29)20-6-3-2-4-7-20/h2-7,9-16H,8,17H2,1H3. The van der Waals surface area contributed by atoms with Crippen molar-refractivity contribution in [3.05, 3.63) is 95.8 Å². The summed E-state index contributed by atoms with van der Waals surface area (Å²) in [5, 5.41) is 5.62.